The first-order chi connectivity index (χ1) is 5.55. The Balaban J connectivity index is 2.53. The zero-order valence-corrected chi connectivity index (χ0v) is 7.87. The maximum absolute atomic E-state index is 10.3. The molecule has 0 aromatic rings. The minimum atomic E-state index is -0.528. The van der Waals surface area contributed by atoms with E-state index in [2.05, 4.69) is 0 Å². The smallest absolute Gasteiger partial charge is 0.163 e. The molecule has 0 radical (unpaired) electrons. The van der Waals surface area contributed by atoms with Gasteiger partial charge in [-0.3, -0.25) is 0 Å². The van der Waals surface area contributed by atoms with Crippen LogP contribution in [0, 0.1) is 5.92 Å². The minimum absolute atomic E-state index is 0.0197. The second-order valence-electron chi connectivity index (χ2n) is 3.75. The van der Waals surface area contributed by atoms with Crippen molar-refractivity contribution in [3.05, 3.63) is 0 Å². The van der Waals surface area contributed by atoms with Gasteiger partial charge in [0.1, 0.15) is 6.29 Å². The molecule has 0 aromatic carbocycles. The summed E-state index contributed by atoms with van der Waals surface area (Å²) in [7, 11) is 0. The van der Waals surface area contributed by atoms with Gasteiger partial charge in [-0.2, -0.15) is 0 Å². The highest BCUT2D eigenvalue weighted by Crippen LogP contribution is 2.26. The lowest BCUT2D eigenvalue weighted by molar-refractivity contribution is -0.289. The molecule has 3 heteroatoms. The fourth-order valence-electron chi connectivity index (χ4n) is 1.33. The summed E-state index contributed by atoms with van der Waals surface area (Å²) in [5.41, 5.74) is 0. The summed E-state index contributed by atoms with van der Waals surface area (Å²) in [4.78, 5) is 10.3. The molecule has 12 heavy (non-hydrogen) atoms. The van der Waals surface area contributed by atoms with E-state index >= 15 is 0 Å². The van der Waals surface area contributed by atoms with E-state index in [1.165, 1.54) is 0 Å². The number of carbonyl (C=O) groups excluding carboxylic acids is 1. The number of rotatable bonds is 2. The molecule has 1 heterocycles. The molecule has 2 atom stereocenters. The van der Waals surface area contributed by atoms with E-state index in [1.54, 1.807) is 0 Å². The average Bonchev–Trinajstić information content (AvgIpc) is 1.97. The Morgan fingerprint density at radius 1 is 1.58 bits per heavy atom. The van der Waals surface area contributed by atoms with E-state index in [9.17, 15) is 4.79 Å². The Labute approximate surface area is 73.0 Å². The van der Waals surface area contributed by atoms with Crippen molar-refractivity contribution in [2.75, 3.05) is 6.61 Å². The van der Waals surface area contributed by atoms with Gasteiger partial charge in [0.15, 0.2) is 5.79 Å². The third-order valence-corrected chi connectivity index (χ3v) is 2.09. The first-order valence-electron chi connectivity index (χ1n) is 4.30. The van der Waals surface area contributed by atoms with Crippen molar-refractivity contribution in [2.24, 2.45) is 5.92 Å². The van der Waals surface area contributed by atoms with Gasteiger partial charge < -0.3 is 14.3 Å². The topological polar surface area (TPSA) is 35.5 Å². The van der Waals surface area contributed by atoms with E-state index in [1.807, 2.05) is 20.8 Å². The van der Waals surface area contributed by atoms with Crippen molar-refractivity contribution in [3.8, 4) is 0 Å². The molecule has 0 amide bonds. The van der Waals surface area contributed by atoms with Gasteiger partial charge in [0.25, 0.3) is 0 Å². The number of hydrogen-bond acceptors (Lipinski definition) is 3. The van der Waals surface area contributed by atoms with Gasteiger partial charge in [-0.05, 0) is 13.8 Å². The van der Waals surface area contributed by atoms with Crippen LogP contribution in [0.3, 0.4) is 0 Å². The van der Waals surface area contributed by atoms with Gasteiger partial charge >= 0.3 is 0 Å². The largest absolute Gasteiger partial charge is 0.350 e. The SMILES string of the molecule is C[C@@H]1COC(C)(C)O[C@@H]1CC=O. The molecule has 0 unspecified atom stereocenters. The van der Waals surface area contributed by atoms with E-state index in [0.29, 0.717) is 18.9 Å². The van der Waals surface area contributed by atoms with Gasteiger partial charge in [-0.1, -0.05) is 6.92 Å². The molecule has 1 fully saturated rings. The van der Waals surface area contributed by atoms with Crippen molar-refractivity contribution >= 4 is 6.29 Å². The van der Waals surface area contributed by atoms with Crippen molar-refractivity contribution in [1.82, 2.24) is 0 Å². The zero-order chi connectivity index (χ0) is 9.19. The molecule has 0 saturated carbocycles. The molecule has 0 aromatic heterocycles. The first kappa shape index (κ1) is 9.68. The Morgan fingerprint density at radius 3 is 2.83 bits per heavy atom. The highest BCUT2D eigenvalue weighted by Gasteiger charge is 2.33. The number of hydrogen-bond donors (Lipinski definition) is 0. The van der Waals surface area contributed by atoms with Crippen LogP contribution in [0.2, 0.25) is 0 Å². The summed E-state index contributed by atoms with van der Waals surface area (Å²) in [6, 6.07) is 0. The lowest BCUT2D eigenvalue weighted by atomic mass is 10.0. The van der Waals surface area contributed by atoms with E-state index in [0.717, 1.165) is 6.29 Å². The minimum Gasteiger partial charge on any atom is -0.350 e. The van der Waals surface area contributed by atoms with Crippen molar-refractivity contribution < 1.29 is 14.3 Å². The molecular weight excluding hydrogens is 156 g/mol. The monoisotopic (exact) mass is 172 g/mol. The second-order valence-corrected chi connectivity index (χ2v) is 3.75. The fraction of sp³-hybridized carbons (Fsp3) is 0.889. The third kappa shape index (κ3) is 2.29. The quantitative estimate of drug-likeness (QED) is 0.590. The summed E-state index contributed by atoms with van der Waals surface area (Å²) in [5, 5.41) is 0. The molecule has 1 rings (SSSR count). The lowest BCUT2D eigenvalue weighted by Crippen LogP contribution is -2.44. The zero-order valence-electron chi connectivity index (χ0n) is 7.87. The predicted octanol–water partition coefficient (Wildman–Crippen LogP) is 1.36. The second kappa shape index (κ2) is 3.54. The highest BCUT2D eigenvalue weighted by molar-refractivity contribution is 5.50. The van der Waals surface area contributed by atoms with Crippen LogP contribution in [0.25, 0.3) is 0 Å². The van der Waals surface area contributed by atoms with Crippen LogP contribution in [-0.4, -0.2) is 24.8 Å². The molecule has 0 bridgehead atoms. The summed E-state index contributed by atoms with van der Waals surface area (Å²) in [6.45, 7) is 6.45. The Bertz CT molecular complexity index is 165. The molecular formula is C9H16O3. The van der Waals surface area contributed by atoms with Crippen LogP contribution in [0.5, 0.6) is 0 Å². The van der Waals surface area contributed by atoms with Crippen LogP contribution >= 0.6 is 0 Å². The van der Waals surface area contributed by atoms with Gasteiger partial charge in [0.05, 0.1) is 12.7 Å². The predicted molar refractivity (Wildman–Crippen MR) is 44.7 cm³/mol. The number of aldehydes is 1. The van der Waals surface area contributed by atoms with Gasteiger partial charge in [-0.15, -0.1) is 0 Å². The molecule has 70 valence electrons. The van der Waals surface area contributed by atoms with E-state index < -0.39 is 5.79 Å². The summed E-state index contributed by atoms with van der Waals surface area (Å²) in [5.74, 6) is -0.219. The Hall–Kier alpha value is -0.410. The maximum atomic E-state index is 10.3. The molecule has 0 aliphatic carbocycles. The molecule has 0 spiro atoms. The number of ether oxygens (including phenoxy) is 2. The lowest BCUT2D eigenvalue weighted by Gasteiger charge is -2.39. The highest BCUT2D eigenvalue weighted by atomic mass is 16.7. The molecule has 1 aliphatic heterocycles. The normalized spacial score (nSPS) is 34.6. The Morgan fingerprint density at radius 2 is 2.25 bits per heavy atom. The fourth-order valence-corrected chi connectivity index (χ4v) is 1.33. The van der Waals surface area contributed by atoms with Gasteiger partial charge in [0, 0.05) is 12.3 Å². The van der Waals surface area contributed by atoms with Crippen LogP contribution in [0.1, 0.15) is 27.2 Å². The summed E-state index contributed by atoms with van der Waals surface area (Å²) in [6.07, 6.45) is 1.39. The maximum Gasteiger partial charge on any atom is 0.163 e. The summed E-state index contributed by atoms with van der Waals surface area (Å²) < 4.78 is 11.0. The van der Waals surface area contributed by atoms with Crippen molar-refractivity contribution in [1.29, 1.82) is 0 Å². The summed E-state index contributed by atoms with van der Waals surface area (Å²) >= 11 is 0. The van der Waals surface area contributed by atoms with E-state index in [4.69, 9.17) is 9.47 Å². The molecule has 1 saturated heterocycles. The van der Waals surface area contributed by atoms with Crippen LogP contribution < -0.4 is 0 Å². The molecule has 3 nitrogen and oxygen atoms in total. The number of carbonyl (C=O) groups is 1. The first-order valence-corrected chi connectivity index (χ1v) is 4.30. The van der Waals surface area contributed by atoms with Crippen LogP contribution in [-0.2, 0) is 14.3 Å². The van der Waals surface area contributed by atoms with Crippen LogP contribution in [0.15, 0.2) is 0 Å². The Kier molecular flexibility index (Phi) is 2.85. The molecule has 0 N–H and O–H groups in total. The standard InChI is InChI=1S/C9H16O3/c1-7-6-11-9(2,3)12-8(7)4-5-10/h5,7-8H,4,6H2,1-3H3/t7-,8-/m1/s1. The average molecular weight is 172 g/mol. The molecule has 1 aliphatic rings. The van der Waals surface area contributed by atoms with Crippen molar-refractivity contribution in [2.45, 2.75) is 39.1 Å². The van der Waals surface area contributed by atoms with Gasteiger partial charge in [0.2, 0.25) is 0 Å². The van der Waals surface area contributed by atoms with E-state index in [-0.39, 0.29) is 6.10 Å². The van der Waals surface area contributed by atoms with Crippen LogP contribution in [0.4, 0.5) is 0 Å². The van der Waals surface area contributed by atoms with Gasteiger partial charge in [-0.25, -0.2) is 0 Å². The van der Waals surface area contributed by atoms with Crippen molar-refractivity contribution in [3.63, 3.8) is 0 Å². The third-order valence-electron chi connectivity index (χ3n) is 2.09.